The van der Waals surface area contributed by atoms with Crippen LogP contribution in [0.4, 0.5) is 5.69 Å². The number of anilines is 1. The molecule has 9 heteroatoms. The summed E-state index contributed by atoms with van der Waals surface area (Å²) in [7, 11) is 0. The number of aryl methyl sites for hydroxylation is 1. The number of piperazine rings is 1. The molecule has 0 atom stereocenters. The van der Waals surface area contributed by atoms with Crippen molar-refractivity contribution in [1.82, 2.24) is 20.4 Å². The molecule has 7 nitrogen and oxygen atoms in total. The number of rotatable bonds is 5. The molecule has 0 aliphatic carbocycles. The Morgan fingerprint density at radius 3 is 2.67 bits per heavy atom. The fraction of sp³-hybridized carbons (Fsp3) is 0.389. The van der Waals surface area contributed by atoms with Gasteiger partial charge < -0.3 is 15.5 Å². The number of nitrogens with one attached hydrogen (secondary N) is 2. The van der Waals surface area contributed by atoms with Crippen molar-refractivity contribution in [2.75, 3.05) is 31.1 Å². The summed E-state index contributed by atoms with van der Waals surface area (Å²) >= 11 is 12.1. The van der Waals surface area contributed by atoms with E-state index in [-0.39, 0.29) is 24.6 Å². The molecular weight excluding hydrogens is 389 g/mol. The van der Waals surface area contributed by atoms with Crippen LogP contribution < -0.4 is 21.1 Å². The van der Waals surface area contributed by atoms with Gasteiger partial charge in [-0.1, -0.05) is 23.2 Å². The van der Waals surface area contributed by atoms with Crippen molar-refractivity contribution in [2.45, 2.75) is 20.0 Å². The Morgan fingerprint density at radius 2 is 2.00 bits per heavy atom. The minimum Gasteiger partial charge on any atom is -0.368 e. The lowest BCUT2D eigenvalue weighted by molar-refractivity contribution is -0.122. The van der Waals surface area contributed by atoms with Crippen molar-refractivity contribution in [3.05, 3.63) is 55.9 Å². The molecule has 1 aromatic carbocycles. The molecule has 3 rings (SSSR count). The van der Waals surface area contributed by atoms with E-state index < -0.39 is 0 Å². The van der Waals surface area contributed by atoms with Crippen molar-refractivity contribution in [2.24, 2.45) is 0 Å². The molecular formula is C18H21Cl2N5O2. The molecule has 2 heterocycles. The second-order valence-corrected chi connectivity index (χ2v) is 7.25. The van der Waals surface area contributed by atoms with Gasteiger partial charge in [0, 0.05) is 48.8 Å². The molecule has 144 valence electrons. The second kappa shape index (κ2) is 8.73. The van der Waals surface area contributed by atoms with Crippen molar-refractivity contribution in [3.8, 4) is 0 Å². The minimum absolute atomic E-state index is 0.148. The number of nitrogens with zero attached hydrogens (tertiary/aromatic N) is 3. The van der Waals surface area contributed by atoms with Crippen LogP contribution in [0, 0.1) is 6.92 Å². The molecule has 1 amide bonds. The van der Waals surface area contributed by atoms with E-state index >= 15 is 0 Å². The van der Waals surface area contributed by atoms with E-state index in [9.17, 15) is 9.59 Å². The number of aromatic nitrogens is 2. The van der Waals surface area contributed by atoms with E-state index in [4.69, 9.17) is 23.2 Å². The fourth-order valence-corrected chi connectivity index (χ4v) is 3.64. The van der Waals surface area contributed by atoms with Gasteiger partial charge >= 0.3 is 0 Å². The lowest BCUT2D eigenvalue weighted by atomic mass is 10.1. The molecule has 2 N–H and O–H groups in total. The standard InChI is InChI=1S/C18H21Cl2N5O2/c1-12-6-13(19)7-16(20)15(12)10-22-17(26)11-25-18(27)8-14(9-23-25)24-4-2-21-3-5-24/h6-9,21H,2-5,10-11H2,1H3,(H,22,26). The summed E-state index contributed by atoms with van der Waals surface area (Å²) < 4.78 is 1.15. The van der Waals surface area contributed by atoms with Gasteiger partial charge in [0.25, 0.3) is 5.56 Å². The predicted octanol–water partition coefficient (Wildman–Crippen LogP) is 1.58. The van der Waals surface area contributed by atoms with Crippen LogP contribution in [-0.4, -0.2) is 41.9 Å². The Morgan fingerprint density at radius 1 is 1.26 bits per heavy atom. The Hall–Kier alpha value is -2.09. The van der Waals surface area contributed by atoms with Crippen LogP contribution in [-0.2, 0) is 17.9 Å². The Kier molecular flexibility index (Phi) is 6.36. The van der Waals surface area contributed by atoms with Crippen LogP contribution in [0.15, 0.2) is 29.2 Å². The molecule has 0 unspecified atom stereocenters. The van der Waals surface area contributed by atoms with E-state index in [0.29, 0.717) is 10.0 Å². The van der Waals surface area contributed by atoms with Crippen molar-refractivity contribution >= 4 is 34.8 Å². The number of carbonyl (C=O) groups excluding carboxylic acids is 1. The highest BCUT2D eigenvalue weighted by Crippen LogP contribution is 2.24. The highest BCUT2D eigenvalue weighted by atomic mass is 35.5. The maximum atomic E-state index is 12.3. The van der Waals surface area contributed by atoms with Gasteiger partial charge in [-0.3, -0.25) is 9.59 Å². The lowest BCUT2D eigenvalue weighted by Crippen LogP contribution is -2.44. The zero-order chi connectivity index (χ0) is 19.4. The van der Waals surface area contributed by atoms with E-state index in [1.807, 2.05) is 6.92 Å². The number of amides is 1. The zero-order valence-electron chi connectivity index (χ0n) is 15.0. The lowest BCUT2D eigenvalue weighted by Gasteiger charge is -2.28. The van der Waals surface area contributed by atoms with E-state index in [1.54, 1.807) is 18.3 Å². The van der Waals surface area contributed by atoms with E-state index in [1.165, 1.54) is 6.07 Å². The summed E-state index contributed by atoms with van der Waals surface area (Å²) in [6.07, 6.45) is 1.63. The summed E-state index contributed by atoms with van der Waals surface area (Å²) in [5.41, 5.74) is 2.16. The van der Waals surface area contributed by atoms with Gasteiger partial charge in [0.1, 0.15) is 6.54 Å². The number of hydrogen-bond donors (Lipinski definition) is 2. The molecule has 27 heavy (non-hydrogen) atoms. The number of halogens is 2. The van der Waals surface area contributed by atoms with Gasteiger partial charge in [0.15, 0.2) is 0 Å². The highest BCUT2D eigenvalue weighted by Gasteiger charge is 2.14. The summed E-state index contributed by atoms with van der Waals surface area (Å²) in [6.45, 7) is 5.38. The van der Waals surface area contributed by atoms with Crippen molar-refractivity contribution in [3.63, 3.8) is 0 Å². The van der Waals surface area contributed by atoms with Crippen LogP contribution in [0.25, 0.3) is 0 Å². The first-order valence-electron chi connectivity index (χ1n) is 8.68. The van der Waals surface area contributed by atoms with Crippen LogP contribution in [0.5, 0.6) is 0 Å². The first-order valence-corrected chi connectivity index (χ1v) is 9.43. The monoisotopic (exact) mass is 409 g/mol. The van der Waals surface area contributed by atoms with Crippen molar-refractivity contribution in [1.29, 1.82) is 0 Å². The SMILES string of the molecule is Cc1cc(Cl)cc(Cl)c1CNC(=O)Cn1ncc(N2CCNCC2)cc1=O. The predicted molar refractivity (Wildman–Crippen MR) is 107 cm³/mol. The molecule has 1 saturated heterocycles. The molecule has 0 spiro atoms. The highest BCUT2D eigenvalue weighted by molar-refractivity contribution is 6.35. The maximum Gasteiger partial charge on any atom is 0.269 e. The maximum absolute atomic E-state index is 12.3. The molecule has 0 bridgehead atoms. The quantitative estimate of drug-likeness (QED) is 0.783. The summed E-state index contributed by atoms with van der Waals surface area (Å²) in [4.78, 5) is 26.6. The fourth-order valence-electron chi connectivity index (χ4n) is 2.97. The zero-order valence-corrected chi connectivity index (χ0v) is 16.5. The normalized spacial score (nSPS) is 14.3. The van der Waals surface area contributed by atoms with Gasteiger partial charge in [-0.15, -0.1) is 0 Å². The van der Waals surface area contributed by atoms with Crippen LogP contribution >= 0.6 is 23.2 Å². The number of benzene rings is 1. The third-order valence-electron chi connectivity index (χ3n) is 4.48. The Balaban J connectivity index is 1.62. The summed E-state index contributed by atoms with van der Waals surface area (Å²) in [5, 5.41) is 11.2. The average Bonchev–Trinajstić information content (AvgIpc) is 2.63. The summed E-state index contributed by atoms with van der Waals surface area (Å²) in [5.74, 6) is -0.315. The largest absolute Gasteiger partial charge is 0.368 e. The van der Waals surface area contributed by atoms with Gasteiger partial charge in [0.2, 0.25) is 5.91 Å². The molecule has 1 aromatic heterocycles. The number of carbonyl (C=O) groups is 1. The molecule has 1 fully saturated rings. The van der Waals surface area contributed by atoms with Crippen molar-refractivity contribution < 1.29 is 4.79 Å². The molecule has 0 saturated carbocycles. The van der Waals surface area contributed by atoms with Gasteiger partial charge in [-0.25, -0.2) is 4.68 Å². The first kappa shape index (κ1) is 19.7. The molecule has 2 aromatic rings. The van der Waals surface area contributed by atoms with E-state index in [0.717, 1.165) is 47.7 Å². The summed E-state index contributed by atoms with van der Waals surface area (Å²) in [6, 6.07) is 4.94. The Bertz CT molecular complexity index is 871. The first-order chi connectivity index (χ1) is 12.9. The topological polar surface area (TPSA) is 79.3 Å². The smallest absolute Gasteiger partial charge is 0.269 e. The average molecular weight is 410 g/mol. The molecule has 1 aliphatic heterocycles. The van der Waals surface area contributed by atoms with Gasteiger partial charge in [0.05, 0.1) is 11.9 Å². The van der Waals surface area contributed by atoms with Gasteiger partial charge in [-0.05, 0) is 30.2 Å². The minimum atomic E-state index is -0.315. The third kappa shape index (κ3) is 5.00. The van der Waals surface area contributed by atoms with E-state index in [2.05, 4.69) is 20.6 Å². The second-order valence-electron chi connectivity index (χ2n) is 6.41. The van der Waals surface area contributed by atoms with Crippen LogP contribution in [0.3, 0.4) is 0 Å². The number of hydrogen-bond acceptors (Lipinski definition) is 5. The third-order valence-corrected chi connectivity index (χ3v) is 5.03. The van der Waals surface area contributed by atoms with Crippen LogP contribution in [0.2, 0.25) is 10.0 Å². The molecule has 1 aliphatic rings. The molecule has 0 radical (unpaired) electrons. The van der Waals surface area contributed by atoms with Gasteiger partial charge in [-0.2, -0.15) is 5.10 Å². The van der Waals surface area contributed by atoms with Crippen LogP contribution in [0.1, 0.15) is 11.1 Å². The Labute approximate surface area is 167 Å².